The smallest absolute Gasteiger partial charge is 0.278 e. The van der Waals surface area contributed by atoms with Gasteiger partial charge in [-0.05, 0) is 60.3 Å². The van der Waals surface area contributed by atoms with Crippen LogP contribution in [-0.2, 0) is 16.1 Å². The summed E-state index contributed by atoms with van der Waals surface area (Å²) in [6.45, 7) is 2.54. The molecule has 0 bridgehead atoms. The summed E-state index contributed by atoms with van der Waals surface area (Å²) in [5.74, 6) is -0.433. The summed E-state index contributed by atoms with van der Waals surface area (Å²) in [4.78, 5) is 28.2. The SMILES string of the molecule is CCOc1ccc(NC2=C(c3cccs3)C(=O)N(Cc3ccc(F)cc3)C2=O)cc1. The van der Waals surface area contributed by atoms with E-state index in [1.165, 1.54) is 28.4 Å². The van der Waals surface area contributed by atoms with E-state index in [2.05, 4.69) is 5.32 Å². The molecule has 0 radical (unpaired) electrons. The molecule has 5 nitrogen and oxygen atoms in total. The summed E-state index contributed by atoms with van der Waals surface area (Å²) >= 11 is 1.39. The van der Waals surface area contributed by atoms with Gasteiger partial charge in [-0.1, -0.05) is 18.2 Å². The molecule has 2 amide bonds. The van der Waals surface area contributed by atoms with Crippen LogP contribution in [-0.4, -0.2) is 23.3 Å². The first kappa shape index (κ1) is 19.8. The fourth-order valence-corrected chi connectivity index (χ4v) is 3.97. The van der Waals surface area contributed by atoms with Crippen LogP contribution < -0.4 is 10.1 Å². The van der Waals surface area contributed by atoms with Gasteiger partial charge in [-0.3, -0.25) is 14.5 Å². The topological polar surface area (TPSA) is 58.6 Å². The highest BCUT2D eigenvalue weighted by molar-refractivity contribution is 7.11. The van der Waals surface area contributed by atoms with Gasteiger partial charge in [-0.2, -0.15) is 0 Å². The van der Waals surface area contributed by atoms with Crippen LogP contribution in [0.25, 0.3) is 5.57 Å². The van der Waals surface area contributed by atoms with Gasteiger partial charge in [0.25, 0.3) is 11.8 Å². The zero-order valence-corrected chi connectivity index (χ0v) is 17.0. The maximum absolute atomic E-state index is 13.2. The molecule has 7 heteroatoms. The number of imide groups is 1. The molecule has 1 aliphatic heterocycles. The number of nitrogens with one attached hydrogen (secondary N) is 1. The van der Waals surface area contributed by atoms with Gasteiger partial charge in [0.2, 0.25) is 0 Å². The van der Waals surface area contributed by atoms with E-state index in [0.29, 0.717) is 28.3 Å². The number of hydrogen-bond donors (Lipinski definition) is 1. The number of ether oxygens (including phenoxy) is 1. The second-order valence-electron chi connectivity index (χ2n) is 6.63. The summed E-state index contributed by atoms with van der Waals surface area (Å²) in [6, 6.07) is 16.6. The first-order valence-corrected chi connectivity index (χ1v) is 10.3. The Morgan fingerprint density at radius 1 is 1.00 bits per heavy atom. The summed E-state index contributed by atoms with van der Waals surface area (Å²) in [7, 11) is 0. The Kier molecular flexibility index (Phi) is 5.63. The average molecular weight is 422 g/mol. The van der Waals surface area contributed by atoms with Crippen molar-refractivity contribution in [3.8, 4) is 5.75 Å². The number of nitrogens with zero attached hydrogens (tertiary/aromatic N) is 1. The number of carbonyl (C=O) groups excluding carboxylic acids is 2. The molecule has 0 saturated heterocycles. The van der Waals surface area contributed by atoms with E-state index < -0.39 is 5.91 Å². The number of carbonyl (C=O) groups is 2. The van der Waals surface area contributed by atoms with Gasteiger partial charge in [-0.15, -0.1) is 11.3 Å². The molecule has 1 N–H and O–H groups in total. The van der Waals surface area contributed by atoms with Crippen molar-refractivity contribution in [2.75, 3.05) is 11.9 Å². The molecular weight excluding hydrogens is 403 g/mol. The molecule has 0 fully saturated rings. The first-order valence-electron chi connectivity index (χ1n) is 9.45. The van der Waals surface area contributed by atoms with Crippen molar-refractivity contribution in [3.05, 3.63) is 88.0 Å². The van der Waals surface area contributed by atoms with Crippen LogP contribution in [0.15, 0.2) is 71.7 Å². The number of benzene rings is 2. The Morgan fingerprint density at radius 3 is 2.37 bits per heavy atom. The van der Waals surface area contributed by atoms with Crippen LogP contribution in [0.2, 0.25) is 0 Å². The van der Waals surface area contributed by atoms with Crippen molar-refractivity contribution in [2.45, 2.75) is 13.5 Å². The molecule has 0 aliphatic carbocycles. The van der Waals surface area contributed by atoms with Gasteiger partial charge >= 0.3 is 0 Å². The highest BCUT2D eigenvalue weighted by Gasteiger charge is 2.39. The number of thiophene rings is 1. The lowest BCUT2D eigenvalue weighted by atomic mass is 10.1. The summed E-state index contributed by atoms with van der Waals surface area (Å²) < 4.78 is 18.7. The highest BCUT2D eigenvalue weighted by Crippen LogP contribution is 2.34. The Bertz CT molecular complexity index is 1090. The Morgan fingerprint density at radius 2 is 1.73 bits per heavy atom. The minimum atomic E-state index is -0.415. The fourth-order valence-electron chi connectivity index (χ4n) is 3.20. The molecule has 0 spiro atoms. The van der Waals surface area contributed by atoms with Gasteiger partial charge in [0.05, 0.1) is 18.7 Å². The van der Waals surface area contributed by atoms with Crippen LogP contribution in [0.5, 0.6) is 5.75 Å². The normalized spacial score (nSPS) is 13.9. The summed E-state index contributed by atoms with van der Waals surface area (Å²) in [5.41, 5.74) is 1.91. The lowest BCUT2D eigenvalue weighted by Gasteiger charge is -2.15. The molecule has 0 unspecified atom stereocenters. The van der Waals surface area contributed by atoms with E-state index in [0.717, 1.165) is 5.75 Å². The average Bonchev–Trinajstić information content (AvgIpc) is 3.34. The quantitative estimate of drug-likeness (QED) is 0.562. The number of rotatable bonds is 7. The number of hydrogen-bond acceptors (Lipinski definition) is 5. The van der Waals surface area contributed by atoms with Gasteiger partial charge in [0.1, 0.15) is 17.3 Å². The molecule has 152 valence electrons. The Hall–Kier alpha value is -3.45. The predicted molar refractivity (Wildman–Crippen MR) is 114 cm³/mol. The van der Waals surface area contributed by atoms with E-state index in [-0.39, 0.29) is 24.0 Å². The number of anilines is 1. The second kappa shape index (κ2) is 8.51. The maximum Gasteiger partial charge on any atom is 0.278 e. The zero-order chi connectivity index (χ0) is 21.1. The summed E-state index contributed by atoms with van der Waals surface area (Å²) in [6.07, 6.45) is 0. The van der Waals surface area contributed by atoms with E-state index in [1.54, 1.807) is 36.4 Å². The number of halogens is 1. The van der Waals surface area contributed by atoms with E-state index in [4.69, 9.17) is 4.74 Å². The Labute approximate surface area is 177 Å². The lowest BCUT2D eigenvalue weighted by molar-refractivity contribution is -0.137. The fraction of sp³-hybridized carbons (Fsp3) is 0.130. The Balaban J connectivity index is 1.64. The van der Waals surface area contributed by atoms with E-state index in [1.807, 2.05) is 24.4 Å². The van der Waals surface area contributed by atoms with Crippen molar-refractivity contribution in [1.82, 2.24) is 4.90 Å². The first-order chi connectivity index (χ1) is 14.6. The number of amides is 2. The second-order valence-corrected chi connectivity index (χ2v) is 7.58. The van der Waals surface area contributed by atoms with Crippen LogP contribution in [0.1, 0.15) is 17.4 Å². The molecular formula is C23H19FN2O3S. The third-order valence-corrected chi connectivity index (χ3v) is 5.51. The van der Waals surface area contributed by atoms with Crippen molar-refractivity contribution in [3.63, 3.8) is 0 Å². The van der Waals surface area contributed by atoms with Crippen LogP contribution >= 0.6 is 11.3 Å². The van der Waals surface area contributed by atoms with Crippen molar-refractivity contribution < 1.29 is 18.7 Å². The monoisotopic (exact) mass is 422 g/mol. The molecule has 0 atom stereocenters. The molecule has 30 heavy (non-hydrogen) atoms. The molecule has 0 saturated carbocycles. The van der Waals surface area contributed by atoms with Crippen molar-refractivity contribution >= 4 is 34.4 Å². The molecule has 2 heterocycles. The van der Waals surface area contributed by atoms with Crippen LogP contribution in [0.3, 0.4) is 0 Å². The van der Waals surface area contributed by atoms with Crippen LogP contribution in [0, 0.1) is 5.82 Å². The standard InChI is InChI=1S/C23H19FN2O3S/c1-2-29-18-11-9-17(10-12-18)25-21-20(19-4-3-13-30-19)22(27)26(23(21)28)14-15-5-7-16(24)8-6-15/h3-13,25H,2,14H2,1H3. The maximum atomic E-state index is 13.2. The van der Waals surface area contributed by atoms with E-state index >= 15 is 0 Å². The van der Waals surface area contributed by atoms with Gasteiger partial charge in [-0.25, -0.2) is 4.39 Å². The summed E-state index contributed by atoms with van der Waals surface area (Å²) in [5, 5.41) is 4.97. The van der Waals surface area contributed by atoms with Gasteiger partial charge in [0.15, 0.2) is 0 Å². The minimum absolute atomic E-state index is 0.0707. The molecule has 3 aromatic rings. The largest absolute Gasteiger partial charge is 0.494 e. The zero-order valence-electron chi connectivity index (χ0n) is 16.2. The molecule has 4 rings (SSSR count). The van der Waals surface area contributed by atoms with Gasteiger partial charge in [0, 0.05) is 10.6 Å². The predicted octanol–water partition coefficient (Wildman–Crippen LogP) is 4.68. The highest BCUT2D eigenvalue weighted by atomic mass is 32.1. The molecule has 1 aliphatic rings. The third kappa shape index (κ3) is 3.97. The lowest BCUT2D eigenvalue weighted by Crippen LogP contribution is -2.31. The van der Waals surface area contributed by atoms with Crippen molar-refractivity contribution in [2.24, 2.45) is 0 Å². The van der Waals surface area contributed by atoms with Gasteiger partial charge < -0.3 is 10.1 Å². The molecule has 2 aromatic carbocycles. The van der Waals surface area contributed by atoms with Crippen molar-refractivity contribution in [1.29, 1.82) is 0 Å². The molecule has 1 aromatic heterocycles. The third-order valence-electron chi connectivity index (χ3n) is 4.62. The van der Waals surface area contributed by atoms with Crippen LogP contribution in [0.4, 0.5) is 10.1 Å². The van der Waals surface area contributed by atoms with E-state index in [9.17, 15) is 14.0 Å². The minimum Gasteiger partial charge on any atom is -0.494 e.